The van der Waals surface area contributed by atoms with Gasteiger partial charge in [-0.05, 0) is 76.0 Å². The van der Waals surface area contributed by atoms with E-state index in [0.29, 0.717) is 19.1 Å². The summed E-state index contributed by atoms with van der Waals surface area (Å²) in [5.74, 6) is 2.25. The zero-order valence-corrected chi connectivity index (χ0v) is 23.6. The molecule has 192 valence electrons. The van der Waals surface area contributed by atoms with E-state index in [1.165, 1.54) is 18.4 Å². The number of aryl methyl sites for hydroxylation is 1. The second-order valence-electron chi connectivity index (χ2n) is 10.3. The Morgan fingerprint density at radius 2 is 1.56 bits per heavy atom. The molecule has 1 aromatic carbocycles. The third-order valence-electron chi connectivity index (χ3n) is 7.66. The summed E-state index contributed by atoms with van der Waals surface area (Å²) in [4.78, 5) is 13.0. The number of benzene rings is 1. The molecule has 5 nitrogen and oxygen atoms in total. The summed E-state index contributed by atoms with van der Waals surface area (Å²) in [5.41, 5.74) is 2.09. The fourth-order valence-electron chi connectivity index (χ4n) is 5.77. The maximum Gasteiger partial charge on any atom is 0.196 e. The summed E-state index contributed by atoms with van der Waals surface area (Å²) in [7, 11) is 0. The second-order valence-corrected chi connectivity index (χ2v) is 11.3. The quantitative estimate of drug-likeness (QED) is 0.153. The van der Waals surface area contributed by atoms with Crippen molar-refractivity contribution < 1.29 is 23.7 Å². The van der Waals surface area contributed by atoms with Crippen LogP contribution in [0.4, 0.5) is 0 Å². The largest absolute Gasteiger partial charge is 0.465 e. The third kappa shape index (κ3) is 5.65. The van der Waals surface area contributed by atoms with Gasteiger partial charge in [0, 0.05) is 30.6 Å². The van der Waals surface area contributed by atoms with Gasteiger partial charge in [-0.3, -0.25) is 4.79 Å². The van der Waals surface area contributed by atoms with Crippen LogP contribution in [0.2, 0.25) is 0 Å². The molecule has 0 spiro atoms. The Morgan fingerprint density at radius 1 is 1.00 bits per heavy atom. The predicted molar refractivity (Wildman–Crippen MR) is 139 cm³/mol. The lowest BCUT2D eigenvalue weighted by Crippen LogP contribution is -2.60. The van der Waals surface area contributed by atoms with Crippen LogP contribution in [0.3, 0.4) is 0 Å². The normalized spacial score (nSPS) is 27.1. The molecular weight excluding hydrogens is 496 g/mol. The number of halogens is 1. The molecule has 1 aromatic rings. The number of unbranched alkanes of at least 4 members (excludes halogenated alkanes) is 2. The Labute approximate surface area is 214 Å². The SMILES string of the molecule is CCCCCc1cc(OC(C)OCC)c([C@H]2C3CC(C(=O)[C@@H]2Br)C3(C)C)c(OC(C)OCC)c1. The van der Waals surface area contributed by atoms with Crippen molar-refractivity contribution in [3.8, 4) is 11.5 Å². The first-order chi connectivity index (χ1) is 16.1. The lowest BCUT2D eigenvalue weighted by Gasteiger charge is -2.60. The third-order valence-corrected chi connectivity index (χ3v) is 8.68. The van der Waals surface area contributed by atoms with Crippen LogP contribution < -0.4 is 9.47 Å². The van der Waals surface area contributed by atoms with Crippen LogP contribution in [0, 0.1) is 17.3 Å². The zero-order chi connectivity index (χ0) is 25.0. The van der Waals surface area contributed by atoms with E-state index in [1.807, 2.05) is 27.7 Å². The van der Waals surface area contributed by atoms with E-state index in [0.717, 1.165) is 36.3 Å². The molecule has 0 amide bonds. The molecule has 3 aliphatic carbocycles. The summed E-state index contributed by atoms with van der Waals surface area (Å²) in [6.45, 7) is 15.6. The van der Waals surface area contributed by atoms with Gasteiger partial charge in [0.2, 0.25) is 0 Å². The Morgan fingerprint density at radius 3 is 2.03 bits per heavy atom. The van der Waals surface area contributed by atoms with Crippen molar-refractivity contribution in [1.82, 2.24) is 0 Å². The molecule has 4 unspecified atom stereocenters. The van der Waals surface area contributed by atoms with E-state index in [2.05, 4.69) is 48.8 Å². The number of Topliss-reactive ketones (excluding diaryl/α,β-unsaturated/α-hetero) is 1. The lowest BCUT2D eigenvalue weighted by molar-refractivity contribution is -0.150. The molecule has 3 fully saturated rings. The second kappa shape index (κ2) is 11.7. The summed E-state index contributed by atoms with van der Waals surface area (Å²) < 4.78 is 24.3. The van der Waals surface area contributed by atoms with Gasteiger partial charge in [0.1, 0.15) is 11.5 Å². The van der Waals surface area contributed by atoms with Crippen LogP contribution in [0.1, 0.15) is 91.2 Å². The minimum atomic E-state index is -0.401. The zero-order valence-electron chi connectivity index (χ0n) is 22.0. The van der Waals surface area contributed by atoms with Crippen molar-refractivity contribution in [1.29, 1.82) is 0 Å². The van der Waals surface area contributed by atoms with Crippen LogP contribution in [-0.4, -0.2) is 36.4 Å². The number of fused-ring (bicyclic) bond motifs is 2. The number of ether oxygens (including phenoxy) is 4. The highest BCUT2D eigenvalue weighted by molar-refractivity contribution is 9.10. The maximum absolute atomic E-state index is 13.3. The molecule has 4 rings (SSSR count). The van der Waals surface area contributed by atoms with Gasteiger partial charge in [-0.15, -0.1) is 0 Å². The van der Waals surface area contributed by atoms with Gasteiger partial charge >= 0.3 is 0 Å². The monoisotopic (exact) mass is 538 g/mol. The molecule has 3 aliphatic rings. The summed E-state index contributed by atoms with van der Waals surface area (Å²) >= 11 is 3.79. The first-order valence-electron chi connectivity index (χ1n) is 13.1. The van der Waals surface area contributed by atoms with Gasteiger partial charge in [0.05, 0.1) is 4.83 Å². The number of hydrogen-bond acceptors (Lipinski definition) is 5. The maximum atomic E-state index is 13.3. The molecule has 0 aromatic heterocycles. The van der Waals surface area contributed by atoms with Crippen LogP contribution in [-0.2, 0) is 20.7 Å². The Hall–Kier alpha value is -1.11. The van der Waals surface area contributed by atoms with Crippen LogP contribution in [0.15, 0.2) is 12.1 Å². The molecule has 0 N–H and O–H groups in total. The van der Waals surface area contributed by atoms with Crippen LogP contribution in [0.5, 0.6) is 11.5 Å². The average molecular weight is 540 g/mol. The van der Waals surface area contributed by atoms with Gasteiger partial charge in [0.15, 0.2) is 18.4 Å². The molecule has 6 heteroatoms. The molecular formula is C28H43BrO5. The highest BCUT2D eigenvalue weighted by Gasteiger charge is 2.63. The van der Waals surface area contributed by atoms with E-state index >= 15 is 0 Å². The molecule has 0 saturated heterocycles. The summed E-state index contributed by atoms with van der Waals surface area (Å²) in [6.07, 6.45) is 4.52. The number of alkyl halides is 1. The molecule has 0 aliphatic heterocycles. The van der Waals surface area contributed by atoms with Crippen molar-refractivity contribution >= 4 is 21.7 Å². The van der Waals surface area contributed by atoms with Gasteiger partial charge in [0.25, 0.3) is 0 Å². The fraction of sp³-hybridized carbons (Fsp3) is 0.750. The smallest absolute Gasteiger partial charge is 0.196 e. The van der Waals surface area contributed by atoms with E-state index in [9.17, 15) is 4.79 Å². The minimum absolute atomic E-state index is 0.0372. The van der Waals surface area contributed by atoms with E-state index in [-0.39, 0.29) is 27.9 Å². The van der Waals surface area contributed by atoms with Gasteiger partial charge in [-0.2, -0.15) is 0 Å². The van der Waals surface area contributed by atoms with Crippen molar-refractivity contribution in [3.05, 3.63) is 23.3 Å². The minimum Gasteiger partial charge on any atom is -0.465 e. The van der Waals surface area contributed by atoms with Crippen molar-refractivity contribution in [3.63, 3.8) is 0 Å². The van der Waals surface area contributed by atoms with Gasteiger partial charge < -0.3 is 18.9 Å². The Kier molecular flexibility index (Phi) is 9.50. The Balaban J connectivity index is 2.11. The van der Waals surface area contributed by atoms with Crippen LogP contribution >= 0.6 is 15.9 Å². The first-order valence-corrected chi connectivity index (χ1v) is 14.0. The van der Waals surface area contributed by atoms with E-state index in [4.69, 9.17) is 18.9 Å². The topological polar surface area (TPSA) is 54.0 Å². The number of carbonyl (C=O) groups is 1. The molecule has 3 saturated carbocycles. The highest BCUT2D eigenvalue weighted by atomic mass is 79.9. The molecule has 2 bridgehead atoms. The lowest BCUT2D eigenvalue weighted by atomic mass is 9.44. The molecule has 0 heterocycles. The summed E-state index contributed by atoms with van der Waals surface area (Å²) in [5, 5.41) is 0. The van der Waals surface area contributed by atoms with Crippen molar-refractivity contribution in [2.75, 3.05) is 13.2 Å². The Bertz CT molecular complexity index is 803. The highest BCUT2D eigenvalue weighted by Crippen LogP contribution is 2.65. The number of carbonyl (C=O) groups excluding carboxylic acids is 1. The number of hydrogen-bond donors (Lipinski definition) is 0. The summed E-state index contributed by atoms with van der Waals surface area (Å²) in [6, 6.07) is 4.28. The molecule has 0 radical (unpaired) electrons. The average Bonchev–Trinajstić information content (AvgIpc) is 2.76. The van der Waals surface area contributed by atoms with Crippen molar-refractivity contribution in [2.24, 2.45) is 17.3 Å². The van der Waals surface area contributed by atoms with E-state index < -0.39 is 12.6 Å². The molecule has 6 atom stereocenters. The molecule has 34 heavy (non-hydrogen) atoms. The standard InChI is InChI=1S/C28H43BrO5/c1-8-11-12-13-19-14-22(33-17(4)31-9-2)25(23(15-19)34-18(5)32-10-3)24-20-16-21(28(20,6)7)27(30)26(24)29/h14-15,17-18,20-21,24,26H,8-13,16H2,1-7H3/t17?,18?,20?,21?,24-,26-/m1/s1. The number of rotatable bonds is 13. The first kappa shape index (κ1) is 27.5. The fourth-order valence-corrected chi connectivity index (χ4v) is 6.72. The van der Waals surface area contributed by atoms with Crippen LogP contribution in [0.25, 0.3) is 0 Å². The van der Waals surface area contributed by atoms with E-state index in [1.54, 1.807) is 0 Å². The predicted octanol–water partition coefficient (Wildman–Crippen LogP) is 7.03. The van der Waals surface area contributed by atoms with Gasteiger partial charge in [-0.1, -0.05) is 49.5 Å². The number of ketones is 1. The van der Waals surface area contributed by atoms with Crippen molar-refractivity contribution in [2.45, 2.75) is 104 Å². The van der Waals surface area contributed by atoms with Gasteiger partial charge in [-0.25, -0.2) is 0 Å².